The quantitative estimate of drug-likeness (QED) is 0.641. The fourth-order valence-electron chi connectivity index (χ4n) is 1.09. The lowest BCUT2D eigenvalue weighted by molar-refractivity contribution is 0.101. The summed E-state index contributed by atoms with van der Waals surface area (Å²) in [5, 5.41) is 0. The van der Waals surface area contributed by atoms with Gasteiger partial charge >= 0.3 is 0 Å². The average molecular weight is 244 g/mol. The van der Waals surface area contributed by atoms with E-state index in [1.807, 2.05) is 0 Å². The molecule has 0 spiro atoms. The molecule has 4 heteroatoms. The molecule has 1 rings (SSSR count). The van der Waals surface area contributed by atoms with Crippen LogP contribution in [0.5, 0.6) is 5.75 Å². The number of nitrogen functional groups attached to an aromatic ring is 1. The molecule has 0 amide bonds. The molecule has 3 nitrogen and oxygen atoms in total. The molecule has 2 N–H and O–H groups in total. The molecule has 0 aliphatic rings. The average Bonchev–Trinajstić information content (AvgIpc) is 2.04. The van der Waals surface area contributed by atoms with Gasteiger partial charge in [0.25, 0.3) is 0 Å². The molecule has 70 valence electrons. The molecule has 13 heavy (non-hydrogen) atoms. The number of carbonyl (C=O) groups excluding carboxylic acids is 1. The molecule has 0 aliphatic heterocycles. The van der Waals surface area contributed by atoms with Crippen molar-refractivity contribution in [2.75, 3.05) is 12.8 Å². The number of carbonyl (C=O) groups is 1. The summed E-state index contributed by atoms with van der Waals surface area (Å²) in [4.78, 5) is 11.2. The Bertz CT molecular complexity index is 350. The van der Waals surface area contributed by atoms with E-state index in [1.165, 1.54) is 6.92 Å². The van der Waals surface area contributed by atoms with Crippen LogP contribution in [0.1, 0.15) is 17.3 Å². The first-order chi connectivity index (χ1) is 6.07. The molecule has 0 saturated heterocycles. The Morgan fingerprint density at radius 2 is 2.15 bits per heavy atom. The number of rotatable bonds is 2. The number of Topliss-reactive ketones (excluding diaryl/α,β-unsaturated/α-hetero) is 1. The van der Waals surface area contributed by atoms with Crippen molar-refractivity contribution >= 4 is 27.4 Å². The normalized spacial score (nSPS) is 9.77. The van der Waals surface area contributed by atoms with Gasteiger partial charge in [0.1, 0.15) is 5.75 Å². The highest BCUT2D eigenvalue weighted by atomic mass is 79.9. The smallest absolute Gasteiger partial charge is 0.163 e. The second-order valence-corrected chi connectivity index (χ2v) is 3.40. The van der Waals surface area contributed by atoms with Gasteiger partial charge in [0.05, 0.1) is 17.1 Å². The van der Waals surface area contributed by atoms with Gasteiger partial charge in [0, 0.05) is 5.69 Å². The van der Waals surface area contributed by atoms with E-state index in [2.05, 4.69) is 15.9 Å². The summed E-state index contributed by atoms with van der Waals surface area (Å²) in [7, 11) is 1.54. The monoisotopic (exact) mass is 243 g/mol. The van der Waals surface area contributed by atoms with Crippen LogP contribution in [0, 0.1) is 0 Å². The maximum atomic E-state index is 11.2. The van der Waals surface area contributed by atoms with Crippen molar-refractivity contribution in [3.8, 4) is 5.75 Å². The number of ether oxygens (including phenoxy) is 1. The zero-order chi connectivity index (χ0) is 10.0. The second kappa shape index (κ2) is 3.79. The molecule has 0 saturated carbocycles. The van der Waals surface area contributed by atoms with Crippen molar-refractivity contribution < 1.29 is 9.53 Å². The first-order valence-corrected chi connectivity index (χ1v) is 4.50. The third-order valence-corrected chi connectivity index (χ3v) is 2.50. The predicted molar refractivity (Wildman–Crippen MR) is 55.1 cm³/mol. The third-order valence-electron chi connectivity index (χ3n) is 1.71. The number of benzene rings is 1. The summed E-state index contributed by atoms with van der Waals surface area (Å²) >= 11 is 3.27. The van der Waals surface area contributed by atoms with Gasteiger partial charge in [-0.2, -0.15) is 0 Å². The number of methoxy groups -OCH3 is 1. The van der Waals surface area contributed by atoms with Crippen LogP contribution in [0.3, 0.4) is 0 Å². The zero-order valence-electron chi connectivity index (χ0n) is 7.43. The summed E-state index contributed by atoms with van der Waals surface area (Å²) in [5.41, 5.74) is 6.57. The number of hydrogen-bond donors (Lipinski definition) is 1. The number of hydrogen-bond acceptors (Lipinski definition) is 3. The number of halogens is 1. The lowest BCUT2D eigenvalue weighted by Crippen LogP contribution is -2.02. The van der Waals surface area contributed by atoms with E-state index in [1.54, 1.807) is 19.2 Å². The van der Waals surface area contributed by atoms with Crippen LogP contribution < -0.4 is 10.5 Å². The lowest BCUT2D eigenvalue weighted by Gasteiger charge is -2.08. The largest absolute Gasteiger partial charge is 0.496 e. The van der Waals surface area contributed by atoms with E-state index in [0.29, 0.717) is 21.5 Å². The summed E-state index contributed by atoms with van der Waals surface area (Å²) in [6, 6.07) is 3.37. The summed E-state index contributed by atoms with van der Waals surface area (Å²) in [6.45, 7) is 1.47. The van der Waals surface area contributed by atoms with E-state index in [9.17, 15) is 4.79 Å². The fourth-order valence-corrected chi connectivity index (χ4v) is 1.89. The number of ketones is 1. The van der Waals surface area contributed by atoms with E-state index in [0.717, 1.165) is 0 Å². The molecule has 0 radical (unpaired) electrons. The minimum Gasteiger partial charge on any atom is -0.496 e. The molecule has 0 unspecified atom stereocenters. The minimum atomic E-state index is -0.0803. The lowest BCUT2D eigenvalue weighted by atomic mass is 10.1. The molecular formula is C9H10BrNO2. The van der Waals surface area contributed by atoms with Crippen molar-refractivity contribution in [1.29, 1.82) is 0 Å². The third kappa shape index (κ3) is 1.83. The standard InChI is InChI=1S/C9H10BrNO2/c1-5(12)8-6(11)3-4-7(13-2)9(8)10/h3-4H,11H2,1-2H3. The van der Waals surface area contributed by atoms with Crippen LogP contribution in [0.4, 0.5) is 5.69 Å². The summed E-state index contributed by atoms with van der Waals surface area (Å²) in [6.07, 6.45) is 0. The molecule has 0 heterocycles. The van der Waals surface area contributed by atoms with E-state index in [-0.39, 0.29) is 5.78 Å². The van der Waals surface area contributed by atoms with Crippen LogP contribution in [0.15, 0.2) is 16.6 Å². The van der Waals surface area contributed by atoms with Gasteiger partial charge in [0.15, 0.2) is 5.78 Å². The fraction of sp³-hybridized carbons (Fsp3) is 0.222. The van der Waals surface area contributed by atoms with Crippen molar-refractivity contribution in [3.05, 3.63) is 22.2 Å². The summed E-state index contributed by atoms with van der Waals surface area (Å²) in [5.74, 6) is 0.530. The highest BCUT2D eigenvalue weighted by Gasteiger charge is 2.13. The molecule has 1 aromatic rings. The van der Waals surface area contributed by atoms with Gasteiger partial charge in [-0.1, -0.05) is 0 Å². The van der Waals surface area contributed by atoms with Gasteiger partial charge in [-0.25, -0.2) is 0 Å². The van der Waals surface area contributed by atoms with E-state index >= 15 is 0 Å². The SMILES string of the molecule is COc1ccc(N)c(C(C)=O)c1Br. The number of nitrogens with two attached hydrogens (primary N) is 1. The van der Waals surface area contributed by atoms with E-state index < -0.39 is 0 Å². The molecule has 0 fully saturated rings. The Hall–Kier alpha value is -1.03. The van der Waals surface area contributed by atoms with Gasteiger partial charge in [-0.05, 0) is 35.0 Å². The maximum absolute atomic E-state index is 11.2. The first-order valence-electron chi connectivity index (χ1n) is 3.70. The highest BCUT2D eigenvalue weighted by molar-refractivity contribution is 9.10. The molecule has 0 atom stereocenters. The Morgan fingerprint density at radius 1 is 1.54 bits per heavy atom. The van der Waals surface area contributed by atoms with Crippen molar-refractivity contribution in [2.24, 2.45) is 0 Å². The first kappa shape index (κ1) is 10.1. The molecular weight excluding hydrogens is 234 g/mol. The Labute approximate surface area is 85.0 Å². The van der Waals surface area contributed by atoms with Crippen molar-refractivity contribution in [3.63, 3.8) is 0 Å². The predicted octanol–water partition coefficient (Wildman–Crippen LogP) is 2.24. The Balaban J connectivity index is 3.38. The maximum Gasteiger partial charge on any atom is 0.163 e. The highest BCUT2D eigenvalue weighted by Crippen LogP contribution is 2.32. The molecule has 0 bridgehead atoms. The van der Waals surface area contributed by atoms with Crippen LogP contribution in [-0.4, -0.2) is 12.9 Å². The Morgan fingerprint density at radius 3 is 2.62 bits per heavy atom. The zero-order valence-corrected chi connectivity index (χ0v) is 9.01. The molecule has 0 aliphatic carbocycles. The van der Waals surface area contributed by atoms with Crippen molar-refractivity contribution in [2.45, 2.75) is 6.92 Å². The second-order valence-electron chi connectivity index (χ2n) is 2.60. The van der Waals surface area contributed by atoms with Crippen LogP contribution in [-0.2, 0) is 0 Å². The van der Waals surface area contributed by atoms with Crippen LogP contribution in [0.25, 0.3) is 0 Å². The van der Waals surface area contributed by atoms with Crippen molar-refractivity contribution in [1.82, 2.24) is 0 Å². The van der Waals surface area contributed by atoms with E-state index in [4.69, 9.17) is 10.5 Å². The van der Waals surface area contributed by atoms with Gasteiger partial charge in [0.2, 0.25) is 0 Å². The van der Waals surface area contributed by atoms with Crippen LogP contribution >= 0.6 is 15.9 Å². The minimum absolute atomic E-state index is 0.0803. The molecule has 0 aromatic heterocycles. The van der Waals surface area contributed by atoms with Gasteiger partial charge in [-0.15, -0.1) is 0 Å². The van der Waals surface area contributed by atoms with Gasteiger partial charge < -0.3 is 10.5 Å². The molecule has 1 aromatic carbocycles. The van der Waals surface area contributed by atoms with Crippen LogP contribution in [0.2, 0.25) is 0 Å². The summed E-state index contributed by atoms with van der Waals surface area (Å²) < 4.78 is 5.65. The Kier molecular flexibility index (Phi) is 2.93. The number of anilines is 1. The topological polar surface area (TPSA) is 52.3 Å². The van der Waals surface area contributed by atoms with Gasteiger partial charge in [-0.3, -0.25) is 4.79 Å².